The van der Waals surface area contributed by atoms with Crippen LogP contribution in [0, 0.1) is 5.92 Å². The molecule has 9 nitrogen and oxygen atoms in total. The molecule has 4 amide bonds. The predicted molar refractivity (Wildman–Crippen MR) is 138 cm³/mol. The number of hydrogen-bond donors (Lipinski definition) is 3. The minimum atomic E-state index is -1.27. The zero-order valence-electron chi connectivity index (χ0n) is 22.8. The highest BCUT2D eigenvalue weighted by Gasteiger charge is 2.48. The summed E-state index contributed by atoms with van der Waals surface area (Å²) in [5.41, 5.74) is 5.85. The molecule has 0 heterocycles. The minimum Gasteiger partial charge on any atom is -0.444 e. The van der Waals surface area contributed by atoms with Crippen molar-refractivity contribution in [3.8, 4) is 0 Å². The van der Waals surface area contributed by atoms with Gasteiger partial charge in [-0.15, -0.1) is 0 Å². The first-order valence-corrected chi connectivity index (χ1v) is 12.5. The Morgan fingerprint density at radius 2 is 1.64 bits per heavy atom. The number of nitrogens with one attached hydrogen (secondary N) is 2. The summed E-state index contributed by atoms with van der Waals surface area (Å²) in [5.74, 6) is -1.49. The van der Waals surface area contributed by atoms with Crippen LogP contribution in [-0.2, 0) is 25.5 Å². The lowest BCUT2D eigenvalue weighted by atomic mass is 9.98. The Kier molecular flexibility index (Phi) is 9.15. The molecule has 0 bridgehead atoms. The quantitative estimate of drug-likeness (QED) is 0.477. The van der Waals surface area contributed by atoms with Gasteiger partial charge in [-0.05, 0) is 71.4 Å². The lowest BCUT2D eigenvalue weighted by Gasteiger charge is -2.36. The van der Waals surface area contributed by atoms with Gasteiger partial charge >= 0.3 is 6.09 Å². The lowest BCUT2D eigenvalue weighted by molar-refractivity contribution is -0.144. The summed E-state index contributed by atoms with van der Waals surface area (Å²) in [6.07, 6.45) is 0.280. The maximum atomic E-state index is 14.0. The fourth-order valence-corrected chi connectivity index (χ4v) is 4.02. The summed E-state index contributed by atoms with van der Waals surface area (Å²) in [5, 5.41) is 5.50. The largest absolute Gasteiger partial charge is 0.444 e. The minimum absolute atomic E-state index is 0.157. The Balaban J connectivity index is 2.52. The van der Waals surface area contributed by atoms with Crippen LogP contribution in [0.3, 0.4) is 0 Å². The third-order valence-corrected chi connectivity index (χ3v) is 5.80. The van der Waals surface area contributed by atoms with E-state index in [0.29, 0.717) is 12.0 Å². The zero-order chi connectivity index (χ0) is 27.4. The Bertz CT molecular complexity index is 962. The molecule has 1 fully saturated rings. The summed E-state index contributed by atoms with van der Waals surface area (Å²) in [7, 11) is 0. The van der Waals surface area contributed by atoms with Crippen molar-refractivity contribution in [2.45, 2.75) is 104 Å². The van der Waals surface area contributed by atoms with Crippen molar-refractivity contribution in [1.82, 2.24) is 15.5 Å². The molecule has 1 aliphatic rings. The van der Waals surface area contributed by atoms with Crippen molar-refractivity contribution in [2.75, 3.05) is 0 Å². The normalized spacial score (nSPS) is 19.0. The first-order chi connectivity index (χ1) is 16.5. The average molecular weight is 503 g/mol. The van der Waals surface area contributed by atoms with Crippen molar-refractivity contribution < 1.29 is 23.9 Å². The van der Waals surface area contributed by atoms with Crippen LogP contribution in [0.2, 0.25) is 0 Å². The monoisotopic (exact) mass is 502 g/mol. The lowest BCUT2D eigenvalue weighted by Crippen LogP contribution is -2.56. The molecule has 1 saturated carbocycles. The second-order valence-electron chi connectivity index (χ2n) is 11.6. The molecule has 9 heteroatoms. The predicted octanol–water partition coefficient (Wildman–Crippen LogP) is 3.21. The van der Waals surface area contributed by atoms with Gasteiger partial charge < -0.3 is 26.0 Å². The molecule has 0 aromatic heterocycles. The summed E-state index contributed by atoms with van der Waals surface area (Å²) in [6, 6.07) is 5.12. The number of carbonyl (C=O) groups is 4. The number of nitrogens with zero attached hydrogens (tertiary/aromatic N) is 1. The number of benzene rings is 1. The van der Waals surface area contributed by atoms with Gasteiger partial charge in [-0.25, -0.2) is 4.79 Å². The molecule has 1 aliphatic carbocycles. The number of aryl methyl sites for hydroxylation is 1. The molecular formula is C27H42N4O5. The molecule has 4 unspecified atom stereocenters. The highest BCUT2D eigenvalue weighted by molar-refractivity contribution is 5.95. The molecule has 36 heavy (non-hydrogen) atoms. The van der Waals surface area contributed by atoms with Crippen molar-refractivity contribution >= 4 is 23.8 Å². The standard InChI is InChI=1S/C27H42N4O5/c1-9-17-10-12-18(13-11-17)22(23(33)30-26(3,4)5)31(20-14-16(20)2)24(34)19(15-21(28)32)29-25(35)36-27(6,7)8/h10-13,16,19-20,22H,9,14-15H2,1-8H3,(H2,28,32)(H,29,35)(H,30,33). The van der Waals surface area contributed by atoms with E-state index in [0.717, 1.165) is 12.0 Å². The van der Waals surface area contributed by atoms with Crippen LogP contribution >= 0.6 is 0 Å². The van der Waals surface area contributed by atoms with E-state index >= 15 is 0 Å². The Morgan fingerprint density at radius 1 is 1.08 bits per heavy atom. The number of alkyl carbamates (subject to hydrolysis) is 1. The van der Waals surface area contributed by atoms with Crippen LogP contribution in [0.4, 0.5) is 4.79 Å². The molecule has 2 rings (SSSR count). The molecule has 200 valence electrons. The van der Waals surface area contributed by atoms with Gasteiger partial charge in [0.25, 0.3) is 0 Å². The number of hydrogen-bond acceptors (Lipinski definition) is 5. The summed E-state index contributed by atoms with van der Waals surface area (Å²) < 4.78 is 5.31. The van der Waals surface area contributed by atoms with Gasteiger partial charge in [0.2, 0.25) is 17.7 Å². The van der Waals surface area contributed by atoms with Crippen LogP contribution in [0.1, 0.15) is 85.4 Å². The number of nitrogens with two attached hydrogens (primary N) is 1. The van der Waals surface area contributed by atoms with Crippen LogP contribution in [0.5, 0.6) is 0 Å². The van der Waals surface area contributed by atoms with Crippen molar-refractivity contribution in [2.24, 2.45) is 11.7 Å². The first kappa shape index (κ1) is 29.1. The fraction of sp³-hybridized carbons (Fsp3) is 0.630. The van der Waals surface area contributed by atoms with E-state index in [1.165, 1.54) is 4.90 Å². The smallest absolute Gasteiger partial charge is 0.408 e. The summed E-state index contributed by atoms with van der Waals surface area (Å²) in [4.78, 5) is 53.5. The van der Waals surface area contributed by atoms with Crippen LogP contribution in [0.25, 0.3) is 0 Å². The highest BCUT2D eigenvalue weighted by Crippen LogP contribution is 2.41. The van der Waals surface area contributed by atoms with E-state index in [-0.39, 0.29) is 17.9 Å². The maximum Gasteiger partial charge on any atom is 0.408 e. The molecule has 4 N–H and O–H groups in total. The average Bonchev–Trinajstić information content (AvgIpc) is 3.43. The van der Waals surface area contributed by atoms with Gasteiger partial charge in [0.05, 0.1) is 6.42 Å². The number of carbonyl (C=O) groups excluding carboxylic acids is 4. The summed E-state index contributed by atoms with van der Waals surface area (Å²) in [6.45, 7) is 14.7. The highest BCUT2D eigenvalue weighted by atomic mass is 16.6. The molecular weight excluding hydrogens is 460 g/mol. The second-order valence-corrected chi connectivity index (χ2v) is 11.6. The molecule has 0 saturated heterocycles. The third kappa shape index (κ3) is 8.53. The Hall–Kier alpha value is -3.10. The van der Waals surface area contributed by atoms with E-state index in [1.807, 2.05) is 58.9 Å². The van der Waals surface area contributed by atoms with Gasteiger partial charge in [0.15, 0.2) is 0 Å². The summed E-state index contributed by atoms with van der Waals surface area (Å²) >= 11 is 0. The number of amides is 4. The van der Waals surface area contributed by atoms with Crippen LogP contribution in [-0.4, -0.2) is 51.9 Å². The van der Waals surface area contributed by atoms with E-state index in [9.17, 15) is 19.2 Å². The van der Waals surface area contributed by atoms with Gasteiger partial charge in [0, 0.05) is 11.6 Å². The van der Waals surface area contributed by atoms with Gasteiger partial charge in [-0.3, -0.25) is 14.4 Å². The first-order valence-electron chi connectivity index (χ1n) is 12.5. The van der Waals surface area contributed by atoms with Gasteiger partial charge in [-0.2, -0.15) is 0 Å². The van der Waals surface area contributed by atoms with Gasteiger partial charge in [0.1, 0.15) is 17.7 Å². The third-order valence-electron chi connectivity index (χ3n) is 5.80. The van der Waals surface area contributed by atoms with Crippen molar-refractivity contribution in [3.05, 3.63) is 35.4 Å². The second kappa shape index (κ2) is 11.3. The maximum absolute atomic E-state index is 14.0. The van der Waals surface area contributed by atoms with Gasteiger partial charge in [-0.1, -0.05) is 38.1 Å². The topological polar surface area (TPSA) is 131 Å². The van der Waals surface area contributed by atoms with E-state index in [2.05, 4.69) is 10.6 Å². The number of ether oxygens (including phenoxy) is 1. The van der Waals surface area contributed by atoms with E-state index < -0.39 is 47.6 Å². The number of primary amides is 1. The fourth-order valence-electron chi connectivity index (χ4n) is 4.02. The molecule has 4 atom stereocenters. The van der Waals surface area contributed by atoms with E-state index in [1.54, 1.807) is 20.8 Å². The van der Waals surface area contributed by atoms with E-state index in [4.69, 9.17) is 10.5 Å². The van der Waals surface area contributed by atoms with Crippen LogP contribution in [0.15, 0.2) is 24.3 Å². The Morgan fingerprint density at radius 3 is 2.06 bits per heavy atom. The molecule has 1 aromatic carbocycles. The molecule has 0 aliphatic heterocycles. The molecule has 0 radical (unpaired) electrons. The SMILES string of the molecule is CCc1ccc(C(C(=O)NC(C)(C)C)N(C(=O)C(CC(N)=O)NC(=O)OC(C)(C)C)C2CC2C)cc1. The zero-order valence-corrected chi connectivity index (χ0v) is 22.8. The van der Waals surface area contributed by atoms with Crippen LogP contribution < -0.4 is 16.4 Å². The number of rotatable bonds is 9. The van der Waals surface area contributed by atoms with Crippen molar-refractivity contribution in [3.63, 3.8) is 0 Å². The van der Waals surface area contributed by atoms with Crippen molar-refractivity contribution in [1.29, 1.82) is 0 Å². The Labute approximate surface area is 214 Å². The molecule has 1 aromatic rings. The molecule has 0 spiro atoms.